The molecule has 0 aliphatic heterocycles. The quantitative estimate of drug-likeness (QED) is 0.455. The zero-order valence-corrected chi connectivity index (χ0v) is 18.4. The summed E-state index contributed by atoms with van der Waals surface area (Å²) in [5.74, 6) is 0.155. The molecule has 0 radical (unpaired) electrons. The summed E-state index contributed by atoms with van der Waals surface area (Å²) in [7, 11) is 1.88. The molecule has 10 heteroatoms. The lowest BCUT2D eigenvalue weighted by Crippen LogP contribution is -2.25. The van der Waals surface area contributed by atoms with E-state index in [-0.39, 0.29) is 12.5 Å². The zero-order chi connectivity index (χ0) is 21.8. The highest BCUT2D eigenvalue weighted by molar-refractivity contribution is 7.13. The number of hydrogen-bond donors (Lipinski definition) is 1. The number of thiophene rings is 1. The monoisotopic (exact) mass is 437 g/mol. The van der Waals surface area contributed by atoms with Crippen LogP contribution < -0.4 is 5.32 Å². The van der Waals surface area contributed by atoms with Crippen molar-refractivity contribution in [3.05, 3.63) is 64.9 Å². The van der Waals surface area contributed by atoms with Crippen LogP contribution in [0.15, 0.2) is 42.4 Å². The molecule has 9 nitrogen and oxygen atoms in total. The minimum Gasteiger partial charge on any atom is -0.375 e. The van der Waals surface area contributed by atoms with E-state index in [0.29, 0.717) is 30.4 Å². The highest BCUT2D eigenvalue weighted by atomic mass is 32.1. The van der Waals surface area contributed by atoms with E-state index < -0.39 is 0 Å². The molecule has 0 saturated carbocycles. The van der Waals surface area contributed by atoms with Crippen molar-refractivity contribution in [3.63, 3.8) is 0 Å². The van der Waals surface area contributed by atoms with Crippen LogP contribution in [0.5, 0.6) is 0 Å². The second kappa shape index (κ2) is 9.19. The van der Waals surface area contributed by atoms with Gasteiger partial charge in [0.2, 0.25) is 0 Å². The fraction of sp³-hybridized carbons (Fsp3) is 0.286. The van der Waals surface area contributed by atoms with Gasteiger partial charge in [-0.3, -0.25) is 4.79 Å². The number of aromatic nitrogens is 6. The van der Waals surface area contributed by atoms with E-state index in [0.717, 1.165) is 21.8 Å². The Morgan fingerprint density at radius 1 is 1.29 bits per heavy atom. The largest absolute Gasteiger partial charge is 0.375 e. The fourth-order valence-corrected chi connectivity index (χ4v) is 3.87. The van der Waals surface area contributed by atoms with Gasteiger partial charge in [0.05, 0.1) is 53.2 Å². The molecule has 0 aliphatic rings. The minimum atomic E-state index is -0.243. The Balaban J connectivity index is 1.66. The number of carbonyl (C=O) groups excluding carboxylic acids is 1. The predicted molar refractivity (Wildman–Crippen MR) is 117 cm³/mol. The van der Waals surface area contributed by atoms with Crippen LogP contribution in [0, 0.1) is 6.92 Å². The maximum atomic E-state index is 12.9. The van der Waals surface area contributed by atoms with Crippen LogP contribution in [0.4, 0.5) is 0 Å². The lowest BCUT2D eigenvalue weighted by Gasteiger charge is -2.11. The summed E-state index contributed by atoms with van der Waals surface area (Å²) in [5.41, 5.74) is 3.75. The van der Waals surface area contributed by atoms with Crippen molar-refractivity contribution in [2.45, 2.75) is 27.0 Å². The van der Waals surface area contributed by atoms with Crippen molar-refractivity contribution in [2.24, 2.45) is 7.05 Å². The molecule has 31 heavy (non-hydrogen) atoms. The van der Waals surface area contributed by atoms with Gasteiger partial charge in [-0.2, -0.15) is 9.78 Å². The number of nitrogens with zero attached hydrogens (tertiary/aromatic N) is 6. The average Bonchev–Trinajstić information content (AvgIpc) is 3.52. The van der Waals surface area contributed by atoms with Crippen LogP contribution in [0.2, 0.25) is 0 Å². The third-order valence-corrected chi connectivity index (χ3v) is 5.68. The number of rotatable bonds is 8. The molecule has 1 amide bonds. The summed E-state index contributed by atoms with van der Waals surface area (Å²) < 4.78 is 9.05. The topological polar surface area (TPSA) is 99.8 Å². The Morgan fingerprint density at radius 3 is 2.87 bits per heavy atom. The standard InChI is InChI=1S/C21H23N7O2S/c1-4-30-12-17-16(20(29)23-10-15-9-22-13-27(15)3)11-25-28(17)21-24-8-14(2)19(26-21)18-6-5-7-31-18/h5-9,11,13H,4,10,12H2,1-3H3,(H,23,29). The minimum absolute atomic E-state index is 0.219. The van der Waals surface area contributed by atoms with Crippen LogP contribution in [0.3, 0.4) is 0 Å². The zero-order valence-electron chi connectivity index (χ0n) is 17.6. The Kier molecular flexibility index (Phi) is 6.19. The lowest BCUT2D eigenvalue weighted by molar-refractivity contribution is 0.0938. The van der Waals surface area contributed by atoms with Gasteiger partial charge in [-0.1, -0.05) is 6.07 Å². The van der Waals surface area contributed by atoms with E-state index in [1.807, 2.05) is 43.0 Å². The molecule has 0 unspecified atom stereocenters. The van der Waals surface area contributed by atoms with Crippen molar-refractivity contribution < 1.29 is 9.53 Å². The van der Waals surface area contributed by atoms with E-state index in [4.69, 9.17) is 9.72 Å². The highest BCUT2D eigenvalue weighted by Gasteiger charge is 2.21. The summed E-state index contributed by atoms with van der Waals surface area (Å²) >= 11 is 1.61. The molecular formula is C21H23N7O2S. The van der Waals surface area contributed by atoms with Gasteiger partial charge in [-0.05, 0) is 30.9 Å². The number of hydrogen-bond acceptors (Lipinski definition) is 7. The molecule has 160 valence electrons. The summed E-state index contributed by atoms with van der Waals surface area (Å²) in [5, 5.41) is 9.34. The Morgan fingerprint density at radius 2 is 2.16 bits per heavy atom. The Bertz CT molecular complexity index is 1180. The first-order valence-corrected chi connectivity index (χ1v) is 10.7. The molecule has 0 fully saturated rings. The normalized spacial score (nSPS) is 11.1. The molecule has 0 atom stereocenters. The lowest BCUT2D eigenvalue weighted by atomic mass is 10.2. The maximum absolute atomic E-state index is 12.9. The van der Waals surface area contributed by atoms with Gasteiger partial charge in [-0.25, -0.2) is 15.0 Å². The molecule has 4 rings (SSSR count). The third kappa shape index (κ3) is 4.39. The predicted octanol–water partition coefficient (Wildman–Crippen LogP) is 2.90. The molecule has 0 aromatic carbocycles. The summed E-state index contributed by atoms with van der Waals surface area (Å²) in [6.07, 6.45) is 6.71. The van der Waals surface area contributed by atoms with Crippen molar-refractivity contribution in [1.82, 2.24) is 34.6 Å². The molecular weight excluding hydrogens is 414 g/mol. The molecule has 0 aliphatic carbocycles. The fourth-order valence-electron chi connectivity index (χ4n) is 3.09. The van der Waals surface area contributed by atoms with E-state index in [9.17, 15) is 4.79 Å². The first-order chi connectivity index (χ1) is 15.1. The summed E-state index contributed by atoms with van der Waals surface area (Å²) in [6, 6.07) is 4.01. The Hall–Kier alpha value is -3.37. The van der Waals surface area contributed by atoms with Crippen LogP contribution in [-0.2, 0) is 24.9 Å². The first kappa shape index (κ1) is 20.9. The second-order valence-corrected chi connectivity index (χ2v) is 7.86. The molecule has 4 aromatic rings. The smallest absolute Gasteiger partial charge is 0.255 e. The number of amides is 1. The second-order valence-electron chi connectivity index (χ2n) is 6.91. The number of carbonyl (C=O) groups is 1. The van der Waals surface area contributed by atoms with Crippen molar-refractivity contribution in [3.8, 4) is 16.5 Å². The molecule has 4 heterocycles. The number of imidazole rings is 1. The Labute approximate surface area is 183 Å². The highest BCUT2D eigenvalue weighted by Crippen LogP contribution is 2.26. The van der Waals surface area contributed by atoms with Gasteiger partial charge in [0.15, 0.2) is 0 Å². The maximum Gasteiger partial charge on any atom is 0.255 e. The van der Waals surface area contributed by atoms with Crippen LogP contribution in [-0.4, -0.2) is 41.8 Å². The van der Waals surface area contributed by atoms with Crippen molar-refractivity contribution in [1.29, 1.82) is 0 Å². The number of nitrogens with one attached hydrogen (secondary N) is 1. The van der Waals surface area contributed by atoms with Crippen LogP contribution in [0.25, 0.3) is 16.5 Å². The SMILES string of the molecule is CCOCc1c(C(=O)NCc2cncn2C)cnn1-c1ncc(C)c(-c2cccs2)n1. The molecule has 0 spiro atoms. The van der Waals surface area contributed by atoms with Gasteiger partial charge >= 0.3 is 0 Å². The third-order valence-electron chi connectivity index (χ3n) is 4.81. The van der Waals surface area contributed by atoms with E-state index in [2.05, 4.69) is 20.4 Å². The summed E-state index contributed by atoms with van der Waals surface area (Å²) in [6.45, 7) is 4.96. The van der Waals surface area contributed by atoms with E-state index >= 15 is 0 Å². The van der Waals surface area contributed by atoms with Gasteiger partial charge in [0, 0.05) is 26.0 Å². The molecule has 1 N–H and O–H groups in total. The number of ether oxygens (including phenoxy) is 1. The van der Waals surface area contributed by atoms with Crippen LogP contribution >= 0.6 is 11.3 Å². The molecule has 0 saturated heterocycles. The first-order valence-electron chi connectivity index (χ1n) is 9.84. The molecule has 0 bridgehead atoms. The van der Waals surface area contributed by atoms with Gasteiger partial charge < -0.3 is 14.6 Å². The molecule has 4 aromatic heterocycles. The van der Waals surface area contributed by atoms with Gasteiger partial charge in [0.1, 0.15) is 0 Å². The average molecular weight is 438 g/mol. The van der Waals surface area contributed by atoms with Crippen LogP contribution in [0.1, 0.15) is 34.2 Å². The number of aryl methyl sites for hydroxylation is 2. The summed E-state index contributed by atoms with van der Waals surface area (Å²) in [4.78, 5) is 27.2. The van der Waals surface area contributed by atoms with Gasteiger partial charge in [-0.15, -0.1) is 11.3 Å². The van der Waals surface area contributed by atoms with Crippen molar-refractivity contribution in [2.75, 3.05) is 6.61 Å². The van der Waals surface area contributed by atoms with E-state index in [1.54, 1.807) is 34.7 Å². The van der Waals surface area contributed by atoms with Gasteiger partial charge in [0.25, 0.3) is 11.9 Å². The van der Waals surface area contributed by atoms with Crippen molar-refractivity contribution >= 4 is 17.2 Å². The van der Waals surface area contributed by atoms with E-state index in [1.165, 1.54) is 6.20 Å².